The standard InChI is InChI=1S/C37H42ClN5O7S/c1-3-4-5-6-10-13-30(50-33(45)24-32(44)39-27-11-8-7-9-12-27)22-23-31(38)35(34(46)25-16-20-29(49-2)21-17-25)51-37-40-41-42-43(37)28-18-14-26(15-19-28)36(47)48/h7-9,11-12,14-21,30-31,35H,3-6,10,13,22-24H2,1-2H3,(H,39,44)(H,47,48). The fraction of sp³-hybridized carbons (Fsp3) is 0.378. The number of benzene rings is 3. The minimum Gasteiger partial charge on any atom is -0.497 e. The highest BCUT2D eigenvalue weighted by Gasteiger charge is 2.32. The summed E-state index contributed by atoms with van der Waals surface area (Å²) in [5.74, 6) is -1.85. The van der Waals surface area contributed by atoms with E-state index in [1.807, 2.05) is 6.07 Å². The van der Waals surface area contributed by atoms with Gasteiger partial charge in [-0.3, -0.25) is 14.4 Å². The summed E-state index contributed by atoms with van der Waals surface area (Å²) < 4.78 is 12.5. The summed E-state index contributed by atoms with van der Waals surface area (Å²) in [5, 5.41) is 22.7. The molecule has 14 heteroatoms. The first-order valence-corrected chi connectivity index (χ1v) is 18.2. The fourth-order valence-corrected chi connectivity index (χ4v) is 6.78. The highest BCUT2D eigenvalue weighted by Crippen LogP contribution is 2.33. The van der Waals surface area contributed by atoms with Crippen LogP contribution >= 0.6 is 23.4 Å². The Balaban J connectivity index is 1.50. The summed E-state index contributed by atoms with van der Waals surface area (Å²) in [7, 11) is 1.54. The van der Waals surface area contributed by atoms with Gasteiger partial charge in [-0.2, -0.15) is 4.68 Å². The number of carboxylic acids is 1. The molecule has 12 nitrogen and oxygen atoms in total. The van der Waals surface area contributed by atoms with Crippen LogP contribution in [0.3, 0.4) is 0 Å². The molecule has 4 aromatic rings. The van der Waals surface area contributed by atoms with Crippen LogP contribution in [0.25, 0.3) is 5.69 Å². The van der Waals surface area contributed by atoms with Gasteiger partial charge in [-0.05, 0) is 96.8 Å². The molecule has 0 aliphatic rings. The Labute approximate surface area is 306 Å². The van der Waals surface area contributed by atoms with Crippen molar-refractivity contribution >= 4 is 52.7 Å². The number of esters is 1. The predicted octanol–water partition coefficient (Wildman–Crippen LogP) is 7.40. The predicted molar refractivity (Wildman–Crippen MR) is 195 cm³/mol. The lowest BCUT2D eigenvalue weighted by atomic mass is 10.00. The van der Waals surface area contributed by atoms with Gasteiger partial charge in [-0.1, -0.05) is 62.6 Å². The number of unbranched alkanes of at least 4 members (excludes halogenated alkanes) is 4. The molecule has 51 heavy (non-hydrogen) atoms. The van der Waals surface area contributed by atoms with Crippen molar-refractivity contribution in [3.05, 3.63) is 90.0 Å². The number of alkyl halides is 1. The molecule has 0 aliphatic carbocycles. The first-order chi connectivity index (χ1) is 24.7. The molecule has 270 valence electrons. The second kappa shape index (κ2) is 20.2. The number of methoxy groups -OCH3 is 1. The molecule has 1 amide bonds. The zero-order valence-corrected chi connectivity index (χ0v) is 30.1. The Morgan fingerprint density at radius 2 is 1.57 bits per heavy atom. The van der Waals surface area contributed by atoms with Crippen LogP contribution in [0.5, 0.6) is 5.75 Å². The maximum absolute atomic E-state index is 14.0. The minimum atomic E-state index is -1.07. The number of halogens is 1. The van der Waals surface area contributed by atoms with Gasteiger partial charge in [-0.25, -0.2) is 4.79 Å². The molecule has 2 N–H and O–H groups in total. The first-order valence-electron chi connectivity index (χ1n) is 16.8. The molecule has 0 saturated heterocycles. The average molecular weight is 736 g/mol. The maximum atomic E-state index is 14.0. The number of thioether (sulfide) groups is 1. The summed E-state index contributed by atoms with van der Waals surface area (Å²) in [4.78, 5) is 50.8. The second-order valence-electron chi connectivity index (χ2n) is 11.9. The zero-order valence-electron chi connectivity index (χ0n) is 28.6. The lowest BCUT2D eigenvalue weighted by Crippen LogP contribution is -2.30. The van der Waals surface area contributed by atoms with E-state index >= 15 is 0 Å². The smallest absolute Gasteiger partial charge is 0.335 e. The van der Waals surface area contributed by atoms with E-state index in [0.717, 1.165) is 43.9 Å². The van der Waals surface area contributed by atoms with Crippen molar-refractivity contribution in [2.45, 2.75) is 86.6 Å². The third kappa shape index (κ3) is 12.2. The number of tetrazole rings is 1. The van der Waals surface area contributed by atoms with Gasteiger partial charge >= 0.3 is 11.9 Å². The monoisotopic (exact) mass is 735 g/mol. The first kappa shape index (κ1) is 39.0. The molecule has 3 aromatic carbocycles. The normalized spacial score (nSPS) is 12.8. The van der Waals surface area contributed by atoms with Gasteiger partial charge in [0, 0.05) is 11.3 Å². The molecule has 0 radical (unpaired) electrons. The van der Waals surface area contributed by atoms with Crippen molar-refractivity contribution in [3.63, 3.8) is 0 Å². The number of aromatic carboxylic acids is 1. The third-order valence-electron chi connectivity index (χ3n) is 8.05. The van der Waals surface area contributed by atoms with Gasteiger partial charge in [0.05, 0.1) is 29.0 Å². The van der Waals surface area contributed by atoms with E-state index < -0.39 is 41.0 Å². The molecule has 0 saturated carbocycles. The number of hydrogen-bond donors (Lipinski definition) is 2. The van der Waals surface area contributed by atoms with Crippen LogP contribution in [0, 0.1) is 0 Å². The van der Waals surface area contributed by atoms with E-state index in [1.54, 1.807) is 60.7 Å². The Morgan fingerprint density at radius 1 is 0.882 bits per heavy atom. The molecule has 1 heterocycles. The minimum absolute atomic E-state index is 0.104. The molecule has 3 unspecified atom stereocenters. The Bertz CT molecular complexity index is 1720. The Morgan fingerprint density at radius 3 is 2.24 bits per heavy atom. The van der Waals surface area contributed by atoms with Crippen molar-refractivity contribution in [3.8, 4) is 11.4 Å². The largest absolute Gasteiger partial charge is 0.497 e. The van der Waals surface area contributed by atoms with Crippen molar-refractivity contribution < 1.29 is 33.8 Å². The fourth-order valence-electron chi connectivity index (χ4n) is 5.30. The van der Waals surface area contributed by atoms with E-state index in [-0.39, 0.29) is 16.5 Å². The lowest BCUT2D eigenvalue weighted by molar-refractivity contribution is -0.151. The quantitative estimate of drug-likeness (QED) is 0.0219. The number of nitrogens with zero attached hydrogens (tertiary/aromatic N) is 4. The van der Waals surface area contributed by atoms with E-state index in [9.17, 15) is 24.3 Å². The van der Waals surface area contributed by atoms with Crippen LogP contribution in [0.15, 0.2) is 84.0 Å². The number of nitrogens with one attached hydrogen (secondary N) is 1. The molecule has 4 rings (SSSR count). The topological polar surface area (TPSA) is 163 Å². The van der Waals surface area contributed by atoms with Gasteiger partial charge in [0.15, 0.2) is 5.78 Å². The number of carbonyl (C=O) groups is 4. The zero-order chi connectivity index (χ0) is 36.6. The molecule has 0 aliphatic heterocycles. The number of hydrogen-bond acceptors (Lipinski definition) is 10. The van der Waals surface area contributed by atoms with E-state index in [1.165, 1.54) is 23.9 Å². The highest BCUT2D eigenvalue weighted by molar-refractivity contribution is 8.00. The van der Waals surface area contributed by atoms with Crippen LogP contribution in [-0.2, 0) is 14.3 Å². The van der Waals surface area contributed by atoms with Crippen molar-refractivity contribution in [2.24, 2.45) is 0 Å². The van der Waals surface area contributed by atoms with E-state index in [0.29, 0.717) is 42.0 Å². The highest BCUT2D eigenvalue weighted by atomic mass is 35.5. The second-order valence-corrected chi connectivity index (χ2v) is 13.5. The molecule has 0 fully saturated rings. The maximum Gasteiger partial charge on any atom is 0.335 e. The number of rotatable bonds is 21. The molecule has 0 spiro atoms. The van der Waals surface area contributed by atoms with Crippen LogP contribution in [-0.4, -0.2) is 72.8 Å². The number of anilines is 1. The number of aromatic nitrogens is 4. The number of carbonyl (C=O) groups excluding carboxylic acids is 3. The number of carboxylic acid groups (broad SMARTS) is 1. The Kier molecular flexibility index (Phi) is 15.5. The molecular weight excluding hydrogens is 694 g/mol. The van der Waals surface area contributed by atoms with Crippen LogP contribution in [0.4, 0.5) is 5.69 Å². The summed E-state index contributed by atoms with van der Waals surface area (Å²) >= 11 is 8.15. The van der Waals surface area contributed by atoms with Crippen molar-refractivity contribution in [1.29, 1.82) is 0 Å². The van der Waals surface area contributed by atoms with Crippen LogP contribution in [0.2, 0.25) is 0 Å². The van der Waals surface area contributed by atoms with Gasteiger partial charge in [0.25, 0.3) is 0 Å². The Hall–Kier alpha value is -4.75. The molecule has 3 atom stereocenters. The van der Waals surface area contributed by atoms with Gasteiger partial charge in [0.1, 0.15) is 18.3 Å². The number of para-hydroxylation sites is 1. The molecule has 1 aromatic heterocycles. The summed E-state index contributed by atoms with van der Waals surface area (Å²) in [5.41, 5.74) is 1.60. The van der Waals surface area contributed by atoms with Crippen LogP contribution in [0.1, 0.15) is 85.4 Å². The molecular formula is C37H42ClN5O7S. The van der Waals surface area contributed by atoms with Crippen molar-refractivity contribution in [2.75, 3.05) is 12.4 Å². The van der Waals surface area contributed by atoms with Crippen LogP contribution < -0.4 is 10.1 Å². The number of ketones is 1. The number of amides is 1. The lowest BCUT2D eigenvalue weighted by Gasteiger charge is -2.23. The number of Topliss-reactive ketones (excluding diaryl/α,β-unsaturated/α-hetero) is 1. The number of ether oxygens (including phenoxy) is 2. The average Bonchev–Trinajstić information content (AvgIpc) is 3.61. The van der Waals surface area contributed by atoms with Gasteiger partial charge in [0.2, 0.25) is 11.1 Å². The van der Waals surface area contributed by atoms with E-state index in [2.05, 4.69) is 27.8 Å². The summed E-state index contributed by atoms with van der Waals surface area (Å²) in [6.07, 6.45) is 5.41. The van der Waals surface area contributed by atoms with Gasteiger partial charge < -0.3 is 19.9 Å². The van der Waals surface area contributed by atoms with E-state index in [4.69, 9.17) is 21.1 Å². The summed E-state index contributed by atoms with van der Waals surface area (Å²) in [6, 6.07) is 21.6. The molecule has 0 bridgehead atoms. The van der Waals surface area contributed by atoms with Gasteiger partial charge in [-0.15, -0.1) is 16.7 Å². The summed E-state index contributed by atoms with van der Waals surface area (Å²) in [6.45, 7) is 2.14. The van der Waals surface area contributed by atoms with Crippen molar-refractivity contribution in [1.82, 2.24) is 20.2 Å². The third-order valence-corrected chi connectivity index (χ3v) is 9.93. The SMILES string of the molecule is CCCCCCCC(CCC(Cl)C(Sc1nnnn1-c1ccc(C(=O)O)cc1)C(=O)c1ccc(OC)cc1)OC(=O)CC(=O)Nc1ccccc1.